The van der Waals surface area contributed by atoms with Gasteiger partial charge in [0.1, 0.15) is 11.6 Å². The van der Waals surface area contributed by atoms with Gasteiger partial charge in [-0.15, -0.1) is 0 Å². The predicted molar refractivity (Wildman–Crippen MR) is 89.2 cm³/mol. The van der Waals surface area contributed by atoms with Gasteiger partial charge in [0.05, 0.1) is 24.1 Å². The van der Waals surface area contributed by atoms with Crippen molar-refractivity contribution >= 4 is 23.5 Å². The lowest BCUT2D eigenvalue weighted by atomic mass is 10.1. The second-order valence-electron chi connectivity index (χ2n) is 5.28. The van der Waals surface area contributed by atoms with E-state index in [1.807, 2.05) is 0 Å². The van der Waals surface area contributed by atoms with E-state index in [4.69, 9.17) is 11.6 Å². The van der Waals surface area contributed by atoms with E-state index in [9.17, 15) is 18.4 Å². The number of halogens is 3. The number of ether oxygens (including phenoxy) is 1. The molecule has 132 valence electrons. The van der Waals surface area contributed by atoms with Crippen LogP contribution in [0.4, 0.5) is 8.78 Å². The fourth-order valence-electron chi connectivity index (χ4n) is 2.25. The zero-order valence-electron chi connectivity index (χ0n) is 13.5. The minimum atomic E-state index is -0.750. The maximum Gasteiger partial charge on any atom is 0.307 e. The van der Waals surface area contributed by atoms with Crippen molar-refractivity contribution in [3.8, 4) is 0 Å². The van der Waals surface area contributed by atoms with E-state index < -0.39 is 23.5 Å². The lowest BCUT2D eigenvalue weighted by molar-refractivity contribution is -0.140. The Bertz CT molecular complexity index is 745. The standard InChI is InChI=1S/C18H16ClF2NO3/c1-25-16(23)9-10-22(11-12-5-7-13(20)8-6-12)18(24)17-14(19)3-2-4-15(17)21/h2-8H,9-11H2,1H3. The molecule has 0 atom stereocenters. The normalized spacial score (nSPS) is 10.4. The molecule has 0 radical (unpaired) electrons. The summed E-state index contributed by atoms with van der Waals surface area (Å²) in [5.41, 5.74) is 0.364. The van der Waals surface area contributed by atoms with Crippen LogP contribution in [0.1, 0.15) is 22.3 Å². The third-order valence-electron chi connectivity index (χ3n) is 3.56. The Morgan fingerprint density at radius 1 is 1.12 bits per heavy atom. The second-order valence-corrected chi connectivity index (χ2v) is 5.68. The number of hydrogen-bond acceptors (Lipinski definition) is 3. The Labute approximate surface area is 149 Å². The van der Waals surface area contributed by atoms with Gasteiger partial charge in [-0.1, -0.05) is 29.8 Å². The first-order chi connectivity index (χ1) is 11.9. The van der Waals surface area contributed by atoms with Gasteiger partial charge < -0.3 is 9.64 Å². The number of carbonyl (C=O) groups is 2. The van der Waals surface area contributed by atoms with Gasteiger partial charge in [-0.05, 0) is 29.8 Å². The summed E-state index contributed by atoms with van der Waals surface area (Å²) in [5, 5.41) is -0.0211. The number of carbonyl (C=O) groups excluding carboxylic acids is 2. The highest BCUT2D eigenvalue weighted by Gasteiger charge is 2.23. The van der Waals surface area contributed by atoms with E-state index in [0.29, 0.717) is 5.56 Å². The summed E-state index contributed by atoms with van der Waals surface area (Å²) >= 11 is 5.95. The van der Waals surface area contributed by atoms with Crippen LogP contribution in [0.25, 0.3) is 0 Å². The van der Waals surface area contributed by atoms with Crippen LogP contribution >= 0.6 is 11.6 Å². The predicted octanol–water partition coefficient (Wildman–Crippen LogP) is 3.82. The minimum Gasteiger partial charge on any atom is -0.469 e. The molecule has 2 aromatic rings. The molecule has 0 aliphatic carbocycles. The van der Waals surface area contributed by atoms with Crippen molar-refractivity contribution in [3.05, 3.63) is 70.2 Å². The first-order valence-corrected chi connectivity index (χ1v) is 7.84. The lowest BCUT2D eigenvalue weighted by Gasteiger charge is -2.23. The fraction of sp³-hybridized carbons (Fsp3) is 0.222. The smallest absolute Gasteiger partial charge is 0.307 e. The summed E-state index contributed by atoms with van der Waals surface area (Å²) in [4.78, 5) is 25.4. The molecule has 1 amide bonds. The van der Waals surface area contributed by atoms with E-state index in [2.05, 4.69) is 4.74 Å². The third-order valence-corrected chi connectivity index (χ3v) is 3.88. The molecule has 2 aromatic carbocycles. The number of amides is 1. The Morgan fingerprint density at radius 2 is 1.80 bits per heavy atom. The molecule has 25 heavy (non-hydrogen) atoms. The number of nitrogens with zero attached hydrogens (tertiary/aromatic N) is 1. The minimum absolute atomic E-state index is 0.00749. The summed E-state index contributed by atoms with van der Waals surface area (Å²) < 4.78 is 31.7. The van der Waals surface area contributed by atoms with Gasteiger partial charge in [0.2, 0.25) is 0 Å². The van der Waals surface area contributed by atoms with Crippen molar-refractivity contribution in [2.75, 3.05) is 13.7 Å². The zero-order valence-corrected chi connectivity index (χ0v) is 14.2. The van der Waals surface area contributed by atoms with E-state index in [-0.39, 0.29) is 30.1 Å². The van der Waals surface area contributed by atoms with Crippen LogP contribution < -0.4 is 0 Å². The van der Waals surface area contributed by atoms with Crippen molar-refractivity contribution < 1.29 is 23.1 Å². The fourth-order valence-corrected chi connectivity index (χ4v) is 2.50. The van der Waals surface area contributed by atoms with Gasteiger partial charge in [-0.2, -0.15) is 0 Å². The first kappa shape index (κ1) is 18.9. The Balaban J connectivity index is 2.27. The lowest BCUT2D eigenvalue weighted by Crippen LogP contribution is -2.33. The molecule has 0 saturated carbocycles. The molecule has 0 heterocycles. The molecule has 2 rings (SSSR count). The summed E-state index contributed by atoms with van der Waals surface area (Å²) in [5.74, 6) is -2.32. The molecule has 0 bridgehead atoms. The van der Waals surface area contributed by atoms with Crippen LogP contribution in [0.3, 0.4) is 0 Å². The highest BCUT2D eigenvalue weighted by atomic mass is 35.5. The van der Waals surface area contributed by atoms with Crippen LogP contribution in [0.2, 0.25) is 5.02 Å². The van der Waals surface area contributed by atoms with E-state index in [0.717, 1.165) is 6.07 Å². The number of rotatable bonds is 6. The average Bonchev–Trinajstić information content (AvgIpc) is 2.59. The van der Waals surface area contributed by atoms with Crippen molar-refractivity contribution in [2.24, 2.45) is 0 Å². The maximum atomic E-state index is 14.0. The average molecular weight is 368 g/mol. The zero-order chi connectivity index (χ0) is 18.4. The van der Waals surface area contributed by atoms with E-state index >= 15 is 0 Å². The van der Waals surface area contributed by atoms with Gasteiger partial charge in [0.25, 0.3) is 5.91 Å². The number of methoxy groups -OCH3 is 1. The van der Waals surface area contributed by atoms with Gasteiger partial charge in [-0.25, -0.2) is 8.78 Å². The molecule has 0 aromatic heterocycles. The van der Waals surface area contributed by atoms with Crippen LogP contribution in [0, 0.1) is 11.6 Å². The van der Waals surface area contributed by atoms with Gasteiger partial charge in [-0.3, -0.25) is 9.59 Å². The van der Waals surface area contributed by atoms with Crippen LogP contribution in [-0.4, -0.2) is 30.4 Å². The van der Waals surface area contributed by atoms with Crippen molar-refractivity contribution in [1.29, 1.82) is 0 Å². The SMILES string of the molecule is COC(=O)CCN(Cc1ccc(F)cc1)C(=O)c1c(F)cccc1Cl. The largest absolute Gasteiger partial charge is 0.469 e. The molecule has 0 saturated heterocycles. The summed E-state index contributed by atoms with van der Waals surface area (Å²) in [6, 6.07) is 9.48. The molecule has 4 nitrogen and oxygen atoms in total. The van der Waals surface area contributed by atoms with Gasteiger partial charge in [0.15, 0.2) is 0 Å². The van der Waals surface area contributed by atoms with Crippen molar-refractivity contribution in [2.45, 2.75) is 13.0 Å². The van der Waals surface area contributed by atoms with Crippen LogP contribution in [0.5, 0.6) is 0 Å². The third kappa shape index (κ3) is 5.00. The number of benzene rings is 2. The highest BCUT2D eigenvalue weighted by Crippen LogP contribution is 2.22. The Morgan fingerprint density at radius 3 is 2.40 bits per heavy atom. The molecular formula is C18H16ClF2NO3. The van der Waals surface area contributed by atoms with Crippen molar-refractivity contribution in [3.63, 3.8) is 0 Å². The molecule has 0 unspecified atom stereocenters. The number of esters is 1. The van der Waals surface area contributed by atoms with Gasteiger partial charge in [0, 0.05) is 13.1 Å². The Hall–Kier alpha value is -2.47. The molecule has 0 N–H and O–H groups in total. The topological polar surface area (TPSA) is 46.6 Å². The van der Waals surface area contributed by atoms with Crippen molar-refractivity contribution in [1.82, 2.24) is 4.90 Å². The maximum absolute atomic E-state index is 14.0. The first-order valence-electron chi connectivity index (χ1n) is 7.47. The Kier molecular flexibility index (Phi) is 6.47. The monoisotopic (exact) mass is 367 g/mol. The van der Waals surface area contributed by atoms with E-state index in [1.54, 1.807) is 0 Å². The van der Waals surface area contributed by atoms with E-state index in [1.165, 1.54) is 48.4 Å². The highest BCUT2D eigenvalue weighted by molar-refractivity contribution is 6.33. The number of hydrogen-bond donors (Lipinski definition) is 0. The molecule has 0 aliphatic rings. The summed E-state index contributed by atoms with van der Waals surface area (Å²) in [6.45, 7) is 0.0777. The molecule has 0 spiro atoms. The molecule has 0 aliphatic heterocycles. The molecule has 7 heteroatoms. The quantitative estimate of drug-likeness (QED) is 0.729. The molecular weight excluding hydrogens is 352 g/mol. The summed E-state index contributed by atoms with van der Waals surface area (Å²) in [7, 11) is 1.24. The van der Waals surface area contributed by atoms with Gasteiger partial charge >= 0.3 is 5.97 Å². The summed E-state index contributed by atoms with van der Waals surface area (Å²) in [6.07, 6.45) is -0.0600. The van der Waals surface area contributed by atoms with Crippen LogP contribution in [-0.2, 0) is 16.1 Å². The molecule has 0 fully saturated rings. The van der Waals surface area contributed by atoms with Crippen LogP contribution in [0.15, 0.2) is 42.5 Å². The second kappa shape index (κ2) is 8.58.